The standard InChI is InChI=1S/C12H18.2C2H6/c1-4-11-5-7-12(8-6-11)9-10(2)3;2*1-2/h5-8,10H,4,9H2,1-3H3;2*1-2H3. The van der Waals surface area contributed by atoms with Crippen molar-refractivity contribution in [2.45, 2.75) is 61.3 Å². The SMILES string of the molecule is CC.CC.CCc1ccc(CC(C)C)cc1. The summed E-state index contributed by atoms with van der Waals surface area (Å²) >= 11 is 0. The molecule has 1 aromatic carbocycles. The van der Waals surface area contributed by atoms with Crippen molar-refractivity contribution in [1.82, 2.24) is 0 Å². The van der Waals surface area contributed by atoms with Crippen LogP contribution in [0.3, 0.4) is 0 Å². The molecule has 0 N–H and O–H groups in total. The first kappa shape index (κ1) is 17.6. The maximum absolute atomic E-state index is 2.26. The van der Waals surface area contributed by atoms with Crippen LogP contribution in [0.25, 0.3) is 0 Å². The fraction of sp³-hybridized carbons (Fsp3) is 0.625. The molecule has 0 aromatic heterocycles. The minimum absolute atomic E-state index is 0.762. The van der Waals surface area contributed by atoms with Gasteiger partial charge in [-0.1, -0.05) is 72.7 Å². The fourth-order valence-corrected chi connectivity index (χ4v) is 1.38. The van der Waals surface area contributed by atoms with Crippen molar-refractivity contribution >= 4 is 0 Å². The average molecular weight is 222 g/mol. The summed E-state index contributed by atoms with van der Waals surface area (Å²) in [7, 11) is 0. The summed E-state index contributed by atoms with van der Waals surface area (Å²) in [5.74, 6) is 0.762. The van der Waals surface area contributed by atoms with Gasteiger partial charge in [0.05, 0.1) is 0 Å². The molecule has 0 aliphatic carbocycles. The Balaban J connectivity index is 0. The van der Waals surface area contributed by atoms with Crippen molar-refractivity contribution < 1.29 is 0 Å². The molecule has 0 aliphatic heterocycles. The highest BCUT2D eigenvalue weighted by molar-refractivity contribution is 5.22. The summed E-state index contributed by atoms with van der Waals surface area (Å²) in [4.78, 5) is 0. The van der Waals surface area contributed by atoms with Gasteiger partial charge < -0.3 is 0 Å². The Bertz CT molecular complexity index is 218. The quantitative estimate of drug-likeness (QED) is 0.633. The van der Waals surface area contributed by atoms with E-state index in [2.05, 4.69) is 45.0 Å². The highest BCUT2D eigenvalue weighted by atomic mass is 14.0. The van der Waals surface area contributed by atoms with Crippen LogP contribution in [-0.4, -0.2) is 0 Å². The van der Waals surface area contributed by atoms with E-state index in [0.29, 0.717) is 0 Å². The van der Waals surface area contributed by atoms with E-state index in [0.717, 1.165) is 12.3 Å². The molecule has 0 atom stereocenters. The number of hydrogen-bond acceptors (Lipinski definition) is 0. The summed E-state index contributed by atoms with van der Waals surface area (Å²) in [6.07, 6.45) is 2.34. The third kappa shape index (κ3) is 8.52. The number of rotatable bonds is 3. The Morgan fingerprint density at radius 2 is 1.19 bits per heavy atom. The van der Waals surface area contributed by atoms with Crippen molar-refractivity contribution in [3.63, 3.8) is 0 Å². The second kappa shape index (κ2) is 12.3. The van der Waals surface area contributed by atoms with E-state index in [9.17, 15) is 0 Å². The molecule has 0 spiro atoms. The first-order valence-electron chi connectivity index (χ1n) is 6.80. The van der Waals surface area contributed by atoms with Crippen LogP contribution in [0.1, 0.15) is 59.6 Å². The van der Waals surface area contributed by atoms with E-state index in [1.807, 2.05) is 27.7 Å². The summed E-state index contributed by atoms with van der Waals surface area (Å²) < 4.78 is 0. The van der Waals surface area contributed by atoms with Crippen molar-refractivity contribution in [2.75, 3.05) is 0 Å². The maximum Gasteiger partial charge on any atom is -0.0256 e. The highest BCUT2D eigenvalue weighted by Gasteiger charge is 1.96. The lowest BCUT2D eigenvalue weighted by molar-refractivity contribution is 0.647. The molecule has 0 radical (unpaired) electrons. The average Bonchev–Trinajstić information content (AvgIpc) is 2.34. The molecule has 16 heavy (non-hydrogen) atoms. The summed E-state index contributed by atoms with van der Waals surface area (Å²) in [6.45, 7) is 14.7. The first-order valence-corrected chi connectivity index (χ1v) is 6.80. The van der Waals surface area contributed by atoms with E-state index in [1.54, 1.807) is 0 Å². The molecule has 0 bridgehead atoms. The third-order valence-corrected chi connectivity index (χ3v) is 2.08. The first-order chi connectivity index (χ1) is 7.72. The Morgan fingerprint density at radius 3 is 1.50 bits per heavy atom. The predicted molar refractivity (Wildman–Crippen MR) is 77.1 cm³/mol. The lowest BCUT2D eigenvalue weighted by Crippen LogP contribution is -1.93. The molecule has 0 fully saturated rings. The Kier molecular flexibility index (Phi) is 13.5. The van der Waals surface area contributed by atoms with Crippen LogP contribution in [0.2, 0.25) is 0 Å². The van der Waals surface area contributed by atoms with Crippen LogP contribution in [-0.2, 0) is 12.8 Å². The zero-order valence-corrected chi connectivity index (χ0v) is 12.3. The van der Waals surface area contributed by atoms with Crippen LogP contribution < -0.4 is 0 Å². The molecular weight excluding hydrogens is 192 g/mol. The normalized spacial score (nSPS) is 8.75. The molecular formula is C16H30. The zero-order chi connectivity index (χ0) is 13.0. The van der Waals surface area contributed by atoms with Gasteiger partial charge in [0.2, 0.25) is 0 Å². The van der Waals surface area contributed by atoms with Crippen molar-refractivity contribution in [1.29, 1.82) is 0 Å². The van der Waals surface area contributed by atoms with Gasteiger partial charge in [0.25, 0.3) is 0 Å². The van der Waals surface area contributed by atoms with Gasteiger partial charge in [-0.2, -0.15) is 0 Å². The second-order valence-corrected chi connectivity index (χ2v) is 3.77. The predicted octanol–water partition coefficient (Wildman–Crippen LogP) is 5.50. The molecule has 0 heteroatoms. The lowest BCUT2D eigenvalue weighted by atomic mass is 10.0. The maximum atomic E-state index is 2.26. The monoisotopic (exact) mass is 222 g/mol. The fourth-order valence-electron chi connectivity index (χ4n) is 1.38. The van der Waals surface area contributed by atoms with E-state index in [1.165, 1.54) is 17.5 Å². The van der Waals surface area contributed by atoms with Crippen molar-refractivity contribution in [2.24, 2.45) is 5.92 Å². The minimum atomic E-state index is 0.762. The zero-order valence-electron chi connectivity index (χ0n) is 12.3. The van der Waals surface area contributed by atoms with Gasteiger partial charge in [0.15, 0.2) is 0 Å². The summed E-state index contributed by atoms with van der Waals surface area (Å²) in [5.41, 5.74) is 2.89. The molecule has 1 aromatic rings. The number of hydrogen-bond donors (Lipinski definition) is 0. The molecule has 94 valence electrons. The largest absolute Gasteiger partial charge is 0.0683 e. The second-order valence-electron chi connectivity index (χ2n) is 3.77. The molecule has 0 heterocycles. The summed E-state index contributed by atoms with van der Waals surface area (Å²) in [5, 5.41) is 0. The smallest absolute Gasteiger partial charge is 0.0256 e. The Hall–Kier alpha value is -0.780. The van der Waals surface area contributed by atoms with E-state index < -0.39 is 0 Å². The topological polar surface area (TPSA) is 0 Å². The van der Waals surface area contributed by atoms with Crippen molar-refractivity contribution in [3.8, 4) is 0 Å². The molecule has 0 saturated carbocycles. The van der Waals surface area contributed by atoms with Crippen molar-refractivity contribution in [3.05, 3.63) is 35.4 Å². The van der Waals surface area contributed by atoms with Crippen LogP contribution >= 0.6 is 0 Å². The van der Waals surface area contributed by atoms with Gasteiger partial charge in [0, 0.05) is 0 Å². The van der Waals surface area contributed by atoms with Crippen LogP contribution in [0.5, 0.6) is 0 Å². The van der Waals surface area contributed by atoms with Crippen LogP contribution in [0.15, 0.2) is 24.3 Å². The summed E-state index contributed by atoms with van der Waals surface area (Å²) in [6, 6.07) is 8.97. The van der Waals surface area contributed by atoms with Gasteiger partial charge in [-0.25, -0.2) is 0 Å². The van der Waals surface area contributed by atoms with E-state index in [4.69, 9.17) is 0 Å². The van der Waals surface area contributed by atoms with E-state index in [-0.39, 0.29) is 0 Å². The lowest BCUT2D eigenvalue weighted by Gasteiger charge is -2.05. The minimum Gasteiger partial charge on any atom is -0.0683 e. The van der Waals surface area contributed by atoms with Crippen LogP contribution in [0.4, 0.5) is 0 Å². The molecule has 0 saturated heterocycles. The van der Waals surface area contributed by atoms with Gasteiger partial charge >= 0.3 is 0 Å². The van der Waals surface area contributed by atoms with Gasteiger partial charge in [-0.15, -0.1) is 0 Å². The van der Waals surface area contributed by atoms with Gasteiger partial charge in [0.1, 0.15) is 0 Å². The van der Waals surface area contributed by atoms with Gasteiger partial charge in [-0.3, -0.25) is 0 Å². The molecule has 0 aliphatic rings. The molecule has 0 amide bonds. The molecule has 0 nitrogen and oxygen atoms in total. The number of benzene rings is 1. The van der Waals surface area contributed by atoms with Gasteiger partial charge in [-0.05, 0) is 29.9 Å². The Morgan fingerprint density at radius 1 is 0.812 bits per heavy atom. The third-order valence-electron chi connectivity index (χ3n) is 2.08. The number of aryl methyl sites for hydroxylation is 1. The molecule has 0 unspecified atom stereocenters. The highest BCUT2D eigenvalue weighted by Crippen LogP contribution is 2.09. The molecule has 1 rings (SSSR count). The Labute approximate surface area is 103 Å². The van der Waals surface area contributed by atoms with E-state index >= 15 is 0 Å². The van der Waals surface area contributed by atoms with Crippen LogP contribution in [0, 0.1) is 5.92 Å².